The fourth-order valence-electron chi connectivity index (χ4n) is 3.12. The van der Waals surface area contributed by atoms with Gasteiger partial charge in [0.15, 0.2) is 5.96 Å². The lowest BCUT2D eigenvalue weighted by Crippen LogP contribution is -2.23. The number of pyridine rings is 1. The molecule has 1 saturated heterocycles. The summed E-state index contributed by atoms with van der Waals surface area (Å²) in [6.07, 6.45) is 3.46. The Labute approximate surface area is 173 Å². The molecule has 3 rings (SSSR count). The van der Waals surface area contributed by atoms with Crippen LogP contribution in [0.15, 0.2) is 41.4 Å². The van der Waals surface area contributed by atoms with E-state index in [0.717, 1.165) is 42.3 Å². The molecule has 0 amide bonds. The SMILES string of the molecule is CCc1cccc(NC(N)=NCc2ccc(C)nc2N2CCCC2)c1.I. The second-order valence-electron chi connectivity index (χ2n) is 6.51. The number of nitrogens with two attached hydrogens (primary N) is 1. The van der Waals surface area contributed by atoms with Gasteiger partial charge < -0.3 is 16.0 Å². The predicted octanol–water partition coefficient (Wildman–Crippen LogP) is 4.10. The van der Waals surface area contributed by atoms with E-state index in [9.17, 15) is 0 Å². The molecule has 0 aliphatic carbocycles. The number of nitrogens with one attached hydrogen (secondary N) is 1. The summed E-state index contributed by atoms with van der Waals surface area (Å²) in [7, 11) is 0. The van der Waals surface area contributed by atoms with Crippen molar-refractivity contribution in [2.24, 2.45) is 10.7 Å². The molecule has 1 aromatic heterocycles. The molecule has 3 N–H and O–H groups in total. The molecule has 140 valence electrons. The molecule has 0 spiro atoms. The normalized spacial score (nSPS) is 14.2. The third-order valence-corrected chi connectivity index (χ3v) is 4.53. The van der Waals surface area contributed by atoms with Crippen LogP contribution in [-0.2, 0) is 13.0 Å². The van der Waals surface area contributed by atoms with Gasteiger partial charge in [0.1, 0.15) is 5.82 Å². The average Bonchev–Trinajstić information content (AvgIpc) is 3.15. The van der Waals surface area contributed by atoms with Crippen molar-refractivity contribution in [1.29, 1.82) is 0 Å². The van der Waals surface area contributed by atoms with Crippen molar-refractivity contribution in [3.8, 4) is 0 Å². The van der Waals surface area contributed by atoms with Gasteiger partial charge in [0.05, 0.1) is 6.54 Å². The highest BCUT2D eigenvalue weighted by molar-refractivity contribution is 14.0. The molecule has 6 heteroatoms. The van der Waals surface area contributed by atoms with Crippen LogP contribution in [0.1, 0.15) is 36.6 Å². The van der Waals surface area contributed by atoms with Crippen molar-refractivity contribution in [2.45, 2.75) is 39.7 Å². The zero-order chi connectivity index (χ0) is 17.6. The summed E-state index contributed by atoms with van der Waals surface area (Å²) < 4.78 is 0. The van der Waals surface area contributed by atoms with Crippen LogP contribution in [0.25, 0.3) is 0 Å². The highest BCUT2D eigenvalue weighted by Gasteiger charge is 2.17. The molecule has 0 saturated carbocycles. The number of nitrogens with zero attached hydrogens (tertiary/aromatic N) is 3. The Kier molecular flexibility index (Phi) is 7.68. The largest absolute Gasteiger partial charge is 0.370 e. The maximum atomic E-state index is 6.08. The molecule has 5 nitrogen and oxygen atoms in total. The molecule has 2 heterocycles. The third-order valence-electron chi connectivity index (χ3n) is 4.53. The highest BCUT2D eigenvalue weighted by atomic mass is 127. The maximum absolute atomic E-state index is 6.08. The second kappa shape index (κ2) is 9.75. The Morgan fingerprint density at radius 1 is 1.23 bits per heavy atom. The quantitative estimate of drug-likeness (QED) is 0.397. The van der Waals surface area contributed by atoms with Gasteiger partial charge in [0, 0.05) is 30.0 Å². The van der Waals surface area contributed by atoms with E-state index in [0.29, 0.717) is 12.5 Å². The molecule has 1 aromatic carbocycles. The lowest BCUT2D eigenvalue weighted by atomic mass is 10.1. The number of aryl methyl sites for hydroxylation is 2. The Bertz CT molecular complexity index is 754. The van der Waals surface area contributed by atoms with Crippen molar-refractivity contribution >= 4 is 41.4 Å². The number of halogens is 1. The number of aromatic nitrogens is 1. The minimum absolute atomic E-state index is 0. The van der Waals surface area contributed by atoms with Crippen molar-refractivity contribution in [3.05, 3.63) is 53.2 Å². The van der Waals surface area contributed by atoms with Crippen LogP contribution in [0.2, 0.25) is 0 Å². The molecule has 26 heavy (non-hydrogen) atoms. The summed E-state index contributed by atoms with van der Waals surface area (Å²) >= 11 is 0. The van der Waals surface area contributed by atoms with Crippen LogP contribution in [0.5, 0.6) is 0 Å². The Hall–Kier alpha value is -1.83. The molecule has 1 fully saturated rings. The summed E-state index contributed by atoms with van der Waals surface area (Å²) in [4.78, 5) is 11.6. The minimum Gasteiger partial charge on any atom is -0.370 e. The fraction of sp³-hybridized carbons (Fsp3) is 0.400. The maximum Gasteiger partial charge on any atom is 0.193 e. The first-order valence-corrected chi connectivity index (χ1v) is 9.03. The third kappa shape index (κ3) is 5.33. The number of anilines is 2. The molecule has 0 atom stereocenters. The number of hydrogen-bond acceptors (Lipinski definition) is 3. The van der Waals surface area contributed by atoms with Gasteiger partial charge in [-0.2, -0.15) is 0 Å². The summed E-state index contributed by atoms with van der Waals surface area (Å²) in [6.45, 7) is 6.85. The summed E-state index contributed by atoms with van der Waals surface area (Å²) in [6, 6.07) is 12.4. The molecule has 0 unspecified atom stereocenters. The van der Waals surface area contributed by atoms with Crippen LogP contribution < -0.4 is 16.0 Å². The summed E-state index contributed by atoms with van der Waals surface area (Å²) in [5.74, 6) is 1.49. The van der Waals surface area contributed by atoms with Gasteiger partial charge in [-0.15, -0.1) is 24.0 Å². The summed E-state index contributed by atoms with van der Waals surface area (Å²) in [5.41, 5.74) is 10.5. The van der Waals surface area contributed by atoms with Gasteiger partial charge >= 0.3 is 0 Å². The topological polar surface area (TPSA) is 66.5 Å². The number of guanidine groups is 1. The molecule has 1 aliphatic rings. The average molecular weight is 465 g/mol. The number of benzene rings is 1. The van der Waals surface area contributed by atoms with Crippen molar-refractivity contribution < 1.29 is 0 Å². The van der Waals surface area contributed by atoms with Gasteiger partial charge in [-0.3, -0.25) is 0 Å². The van der Waals surface area contributed by atoms with E-state index < -0.39 is 0 Å². The number of aliphatic imine (C=N–C) groups is 1. The van der Waals surface area contributed by atoms with E-state index in [1.165, 1.54) is 18.4 Å². The predicted molar refractivity (Wildman–Crippen MR) is 121 cm³/mol. The Morgan fingerprint density at radius 2 is 2.00 bits per heavy atom. The zero-order valence-electron chi connectivity index (χ0n) is 15.5. The van der Waals surface area contributed by atoms with E-state index in [-0.39, 0.29) is 24.0 Å². The molecule has 0 radical (unpaired) electrons. The number of hydrogen-bond donors (Lipinski definition) is 2. The monoisotopic (exact) mass is 465 g/mol. The smallest absolute Gasteiger partial charge is 0.193 e. The molecule has 0 bridgehead atoms. The Morgan fingerprint density at radius 3 is 2.73 bits per heavy atom. The van der Waals surface area contributed by atoms with Crippen LogP contribution in [0.3, 0.4) is 0 Å². The van der Waals surface area contributed by atoms with Crippen molar-refractivity contribution in [2.75, 3.05) is 23.3 Å². The standard InChI is InChI=1S/C20H27N5.HI/c1-3-16-7-6-8-18(13-16)24-20(21)22-14-17-10-9-15(2)23-19(17)25-11-4-5-12-25;/h6-10,13H,3-5,11-12,14H2,1-2H3,(H3,21,22,24);1H. The first-order chi connectivity index (χ1) is 12.2. The van der Waals surface area contributed by atoms with Crippen LogP contribution in [0.4, 0.5) is 11.5 Å². The zero-order valence-corrected chi connectivity index (χ0v) is 17.9. The van der Waals surface area contributed by atoms with E-state index in [2.05, 4.69) is 40.3 Å². The van der Waals surface area contributed by atoms with Crippen LogP contribution in [-0.4, -0.2) is 24.0 Å². The Balaban J connectivity index is 0.00000243. The van der Waals surface area contributed by atoms with E-state index >= 15 is 0 Å². The van der Waals surface area contributed by atoms with E-state index in [4.69, 9.17) is 10.7 Å². The fourth-order valence-corrected chi connectivity index (χ4v) is 3.12. The minimum atomic E-state index is 0. The van der Waals surface area contributed by atoms with Gasteiger partial charge in [0.25, 0.3) is 0 Å². The lowest BCUT2D eigenvalue weighted by molar-refractivity contribution is 0.898. The molecular weight excluding hydrogens is 437 g/mol. The van der Waals surface area contributed by atoms with Gasteiger partial charge in [-0.1, -0.05) is 25.1 Å². The van der Waals surface area contributed by atoms with Gasteiger partial charge in [-0.25, -0.2) is 9.98 Å². The van der Waals surface area contributed by atoms with E-state index in [1.54, 1.807) is 0 Å². The van der Waals surface area contributed by atoms with Crippen molar-refractivity contribution in [3.63, 3.8) is 0 Å². The highest BCUT2D eigenvalue weighted by Crippen LogP contribution is 2.23. The van der Waals surface area contributed by atoms with Crippen molar-refractivity contribution in [1.82, 2.24) is 4.98 Å². The first-order valence-electron chi connectivity index (χ1n) is 9.03. The van der Waals surface area contributed by atoms with E-state index in [1.807, 2.05) is 25.1 Å². The lowest BCUT2D eigenvalue weighted by Gasteiger charge is -2.20. The molecular formula is C20H28IN5. The van der Waals surface area contributed by atoms with Crippen LogP contribution >= 0.6 is 24.0 Å². The molecule has 1 aliphatic heterocycles. The van der Waals surface area contributed by atoms with Gasteiger partial charge in [-0.05, 0) is 49.9 Å². The number of rotatable bonds is 5. The first kappa shape index (κ1) is 20.5. The van der Waals surface area contributed by atoms with Gasteiger partial charge in [0.2, 0.25) is 0 Å². The second-order valence-corrected chi connectivity index (χ2v) is 6.51. The van der Waals surface area contributed by atoms with Crippen LogP contribution in [0, 0.1) is 6.92 Å². The molecule has 2 aromatic rings. The summed E-state index contributed by atoms with van der Waals surface area (Å²) in [5, 5.41) is 3.18.